The minimum absolute atomic E-state index is 0.244. The van der Waals surface area contributed by atoms with Crippen molar-refractivity contribution in [2.24, 2.45) is 0 Å². The fraction of sp³-hybridized carbons (Fsp3) is 0.375. The first-order valence-electron chi connectivity index (χ1n) is 7.06. The summed E-state index contributed by atoms with van der Waals surface area (Å²) in [5.41, 5.74) is 2.23. The average molecular weight is 308 g/mol. The quantitative estimate of drug-likeness (QED) is 0.364. The van der Waals surface area contributed by atoms with E-state index < -0.39 is 7.37 Å². The average Bonchev–Trinajstić information content (AvgIpc) is 2.45. The van der Waals surface area contributed by atoms with Crippen LogP contribution in [-0.4, -0.2) is 35.6 Å². The Labute approximate surface area is 127 Å². The van der Waals surface area contributed by atoms with Crippen molar-refractivity contribution in [1.29, 1.82) is 0 Å². The Kier molecular flexibility index (Phi) is 6.73. The molecule has 0 aliphatic rings. The second-order valence-electron chi connectivity index (χ2n) is 5.06. The molecule has 0 aromatic carbocycles. The summed E-state index contributed by atoms with van der Waals surface area (Å²) in [6, 6.07) is 4.15. The van der Waals surface area contributed by atoms with E-state index in [0.717, 1.165) is 17.7 Å². The molecule has 1 unspecified atom stereocenters. The van der Waals surface area contributed by atoms with Gasteiger partial charge in [0.1, 0.15) is 13.3 Å². The highest BCUT2D eigenvalue weighted by Gasteiger charge is 2.12. The molecule has 4 nitrogen and oxygen atoms in total. The van der Waals surface area contributed by atoms with E-state index in [9.17, 15) is 9.46 Å². The Balaban J connectivity index is 2.71. The van der Waals surface area contributed by atoms with Gasteiger partial charge in [-0.15, -0.1) is 0 Å². The van der Waals surface area contributed by atoms with Crippen LogP contribution in [0.3, 0.4) is 0 Å². The van der Waals surface area contributed by atoms with Gasteiger partial charge >= 0.3 is 0 Å². The van der Waals surface area contributed by atoms with Gasteiger partial charge in [0, 0.05) is 24.9 Å². The van der Waals surface area contributed by atoms with Gasteiger partial charge in [-0.05, 0) is 25.0 Å². The van der Waals surface area contributed by atoms with Crippen molar-refractivity contribution < 1.29 is 18.6 Å². The van der Waals surface area contributed by atoms with Gasteiger partial charge in [0.2, 0.25) is 7.37 Å². The lowest BCUT2D eigenvalue weighted by atomic mass is 10.1. The van der Waals surface area contributed by atoms with E-state index in [2.05, 4.69) is 30.3 Å². The molecule has 0 bridgehead atoms. The second-order valence-corrected chi connectivity index (χ2v) is 7.61. The Morgan fingerprint density at radius 3 is 2.57 bits per heavy atom. The van der Waals surface area contributed by atoms with Crippen molar-refractivity contribution in [3.8, 4) is 0 Å². The molecule has 0 amide bonds. The summed E-state index contributed by atoms with van der Waals surface area (Å²) < 4.78 is 15.0. The molecule has 1 rings (SSSR count). The standard InChI is InChI=1S/C16H24N2O2P/c1-5-15(16-8-11-18(6-2)12-9-16)7-10-17(3)13-14-21(4,19)20/h5,7-12H,3,6,13-14H2,1-2,4H3/q+1/p+1. The molecule has 1 atom stereocenters. The van der Waals surface area contributed by atoms with Crippen molar-refractivity contribution in [1.82, 2.24) is 0 Å². The van der Waals surface area contributed by atoms with Crippen LogP contribution in [-0.2, 0) is 11.1 Å². The fourth-order valence-electron chi connectivity index (χ4n) is 1.79. The molecule has 21 heavy (non-hydrogen) atoms. The summed E-state index contributed by atoms with van der Waals surface area (Å²) in [6.07, 6.45) is 10.2. The molecule has 1 N–H and O–H groups in total. The van der Waals surface area contributed by atoms with Gasteiger partial charge in [0.25, 0.3) is 0 Å². The maximum absolute atomic E-state index is 11.3. The first-order chi connectivity index (χ1) is 9.85. The highest BCUT2D eigenvalue weighted by Crippen LogP contribution is 2.33. The summed E-state index contributed by atoms with van der Waals surface area (Å²) in [5.74, 6) is 0. The molecule has 0 fully saturated rings. The van der Waals surface area contributed by atoms with Gasteiger partial charge in [0.05, 0.1) is 6.16 Å². The number of hydrogen-bond donors (Lipinski definition) is 1. The number of rotatable bonds is 7. The van der Waals surface area contributed by atoms with Crippen LogP contribution >= 0.6 is 7.37 Å². The van der Waals surface area contributed by atoms with Crippen LogP contribution < -0.4 is 4.57 Å². The predicted molar refractivity (Wildman–Crippen MR) is 88.0 cm³/mol. The summed E-state index contributed by atoms with van der Waals surface area (Å²) in [6.45, 7) is 10.7. The third kappa shape index (κ3) is 6.65. The molecular weight excluding hydrogens is 283 g/mol. The van der Waals surface area contributed by atoms with E-state index in [-0.39, 0.29) is 6.16 Å². The van der Waals surface area contributed by atoms with Crippen LogP contribution in [0.1, 0.15) is 19.4 Å². The molecule has 0 aliphatic heterocycles. The first kappa shape index (κ1) is 17.5. The lowest BCUT2D eigenvalue weighted by Crippen LogP contribution is -2.30. The van der Waals surface area contributed by atoms with Crippen LogP contribution in [0, 0.1) is 0 Å². The first-order valence-corrected chi connectivity index (χ1v) is 9.35. The van der Waals surface area contributed by atoms with E-state index in [1.165, 1.54) is 6.66 Å². The molecular formula is C16H25N2O2P+2. The lowest BCUT2D eigenvalue weighted by Gasteiger charge is -2.02. The fourth-order valence-corrected chi connectivity index (χ4v) is 2.42. The zero-order chi connectivity index (χ0) is 15.9. The van der Waals surface area contributed by atoms with Gasteiger partial charge in [-0.2, -0.15) is 0 Å². The maximum atomic E-state index is 11.3. The SMILES string of the molecule is C=[N+](C=CC(=CC)c1cc[n+](CC)cc1)CCP(C)(=O)O. The summed E-state index contributed by atoms with van der Waals surface area (Å²) in [5, 5.41) is 0. The highest BCUT2D eigenvalue weighted by atomic mass is 31.2. The van der Waals surface area contributed by atoms with E-state index >= 15 is 0 Å². The summed E-state index contributed by atoms with van der Waals surface area (Å²) in [7, 11) is -2.97. The van der Waals surface area contributed by atoms with Crippen molar-refractivity contribution in [2.45, 2.75) is 20.4 Å². The highest BCUT2D eigenvalue weighted by molar-refractivity contribution is 7.57. The minimum atomic E-state index is -2.97. The van der Waals surface area contributed by atoms with E-state index in [0.29, 0.717) is 6.54 Å². The Hall–Kier alpha value is -1.51. The molecule has 1 aromatic rings. The van der Waals surface area contributed by atoms with Crippen molar-refractivity contribution in [3.05, 3.63) is 48.4 Å². The molecule has 5 heteroatoms. The van der Waals surface area contributed by atoms with Crippen molar-refractivity contribution >= 4 is 19.7 Å². The number of aryl methyl sites for hydroxylation is 1. The van der Waals surface area contributed by atoms with Gasteiger partial charge in [-0.1, -0.05) is 6.08 Å². The molecule has 0 saturated heterocycles. The second kappa shape index (κ2) is 8.06. The van der Waals surface area contributed by atoms with Crippen LogP contribution in [0.15, 0.2) is 42.9 Å². The topological polar surface area (TPSA) is 44.2 Å². The van der Waals surface area contributed by atoms with Crippen LogP contribution in [0.5, 0.6) is 0 Å². The van der Waals surface area contributed by atoms with Gasteiger partial charge in [-0.3, -0.25) is 4.57 Å². The molecule has 0 radical (unpaired) electrons. The molecule has 1 heterocycles. The van der Waals surface area contributed by atoms with Crippen molar-refractivity contribution in [2.75, 3.05) is 19.4 Å². The summed E-state index contributed by atoms with van der Waals surface area (Å²) in [4.78, 5) is 9.28. The number of allylic oxidation sites excluding steroid dienone is 3. The van der Waals surface area contributed by atoms with Crippen LogP contribution in [0.2, 0.25) is 0 Å². The number of hydrogen-bond acceptors (Lipinski definition) is 1. The molecule has 0 spiro atoms. The van der Waals surface area contributed by atoms with Gasteiger partial charge < -0.3 is 4.89 Å². The van der Waals surface area contributed by atoms with Crippen LogP contribution in [0.25, 0.3) is 5.57 Å². The molecule has 0 aliphatic carbocycles. The van der Waals surface area contributed by atoms with E-state index in [1.54, 1.807) is 4.58 Å². The van der Waals surface area contributed by atoms with Crippen LogP contribution in [0.4, 0.5) is 0 Å². The third-order valence-corrected chi connectivity index (χ3v) is 4.20. The van der Waals surface area contributed by atoms with Crippen molar-refractivity contribution in [3.63, 3.8) is 0 Å². The number of nitrogens with zero attached hydrogens (tertiary/aromatic N) is 2. The molecule has 114 valence electrons. The van der Waals surface area contributed by atoms with Gasteiger partial charge in [-0.25, -0.2) is 9.14 Å². The smallest absolute Gasteiger partial charge is 0.203 e. The Bertz CT molecular complexity index is 583. The summed E-state index contributed by atoms with van der Waals surface area (Å²) >= 11 is 0. The number of aromatic nitrogens is 1. The van der Waals surface area contributed by atoms with E-state index in [4.69, 9.17) is 0 Å². The Morgan fingerprint density at radius 1 is 1.48 bits per heavy atom. The number of pyridine rings is 1. The maximum Gasteiger partial charge on any atom is 0.203 e. The predicted octanol–water partition coefficient (Wildman–Crippen LogP) is 2.52. The normalized spacial score (nSPS) is 15.1. The largest absolute Gasteiger partial charge is 0.344 e. The lowest BCUT2D eigenvalue weighted by molar-refractivity contribution is -0.693. The molecule has 0 saturated carbocycles. The molecule has 1 aromatic heterocycles. The minimum Gasteiger partial charge on any atom is -0.344 e. The monoisotopic (exact) mass is 308 g/mol. The Morgan fingerprint density at radius 2 is 2.10 bits per heavy atom. The third-order valence-electron chi connectivity index (χ3n) is 3.17. The van der Waals surface area contributed by atoms with E-state index in [1.807, 2.05) is 37.7 Å². The van der Waals surface area contributed by atoms with Gasteiger partial charge in [0.15, 0.2) is 25.1 Å². The zero-order valence-corrected chi connectivity index (χ0v) is 14.0. The zero-order valence-electron chi connectivity index (χ0n) is 13.1.